The summed E-state index contributed by atoms with van der Waals surface area (Å²) in [7, 11) is 0. The molecule has 1 saturated heterocycles. The molecule has 1 N–H and O–H groups in total. The minimum atomic E-state index is -0.281. The Labute approximate surface area is 185 Å². The Bertz CT molecular complexity index is 1230. The molecule has 1 fully saturated rings. The number of halogens is 1. The zero-order valence-electron chi connectivity index (χ0n) is 17.6. The third-order valence-electron chi connectivity index (χ3n) is 6.13. The highest BCUT2D eigenvalue weighted by Crippen LogP contribution is 2.33. The minimum absolute atomic E-state index is 0.0150. The van der Waals surface area contributed by atoms with Gasteiger partial charge in [0.2, 0.25) is 0 Å². The van der Waals surface area contributed by atoms with Crippen LogP contribution in [0.1, 0.15) is 40.2 Å². The quantitative estimate of drug-likeness (QED) is 0.468. The van der Waals surface area contributed by atoms with Crippen LogP contribution in [0.25, 0.3) is 11.0 Å². The number of aromatic amines is 1. The largest absolute Gasteiger partial charge is 0.488 e. The zero-order chi connectivity index (χ0) is 21.9. The monoisotopic (exact) mass is 429 g/mol. The van der Waals surface area contributed by atoms with E-state index in [2.05, 4.69) is 22.2 Å². The summed E-state index contributed by atoms with van der Waals surface area (Å²) in [5, 5.41) is 1.16. The van der Waals surface area contributed by atoms with Crippen molar-refractivity contribution in [3.63, 3.8) is 0 Å². The number of hydrogen-bond donors (Lipinski definition) is 1. The standard InChI is InChI=1S/C26H24FN3O2/c27-20-9-7-18(8-10-20)17-32-24-6-2-1-4-22(24)26(31)30-14-11-19(12-15-30)23-16-29-25-21(23)5-3-13-28-25/h1-10,13,16,19H,11-12,14-15,17H2,(H,28,29). The van der Waals surface area contributed by atoms with Crippen LogP contribution in [0.3, 0.4) is 0 Å². The van der Waals surface area contributed by atoms with Gasteiger partial charge < -0.3 is 14.6 Å². The highest BCUT2D eigenvalue weighted by Gasteiger charge is 2.27. The summed E-state index contributed by atoms with van der Waals surface area (Å²) in [6, 6.07) is 17.6. The normalized spacial score (nSPS) is 14.6. The van der Waals surface area contributed by atoms with Crippen molar-refractivity contribution in [3.05, 3.63) is 95.6 Å². The molecule has 4 aromatic rings. The van der Waals surface area contributed by atoms with E-state index < -0.39 is 0 Å². The van der Waals surface area contributed by atoms with Gasteiger partial charge in [0.15, 0.2) is 0 Å². The molecular formula is C26H24FN3O2. The van der Waals surface area contributed by atoms with Crippen molar-refractivity contribution in [2.45, 2.75) is 25.4 Å². The van der Waals surface area contributed by atoms with Crippen molar-refractivity contribution in [2.24, 2.45) is 0 Å². The summed E-state index contributed by atoms with van der Waals surface area (Å²) in [6.07, 6.45) is 5.66. The summed E-state index contributed by atoms with van der Waals surface area (Å²) in [6.45, 7) is 1.67. The molecule has 162 valence electrons. The molecule has 0 unspecified atom stereocenters. The van der Waals surface area contributed by atoms with E-state index in [0.717, 1.165) is 29.4 Å². The van der Waals surface area contributed by atoms with E-state index >= 15 is 0 Å². The van der Waals surface area contributed by atoms with Crippen LogP contribution in [0.2, 0.25) is 0 Å². The van der Waals surface area contributed by atoms with Gasteiger partial charge >= 0.3 is 0 Å². The van der Waals surface area contributed by atoms with Crippen LogP contribution in [0.15, 0.2) is 73.1 Å². The molecule has 0 bridgehead atoms. The maximum atomic E-state index is 13.3. The van der Waals surface area contributed by atoms with Crippen LogP contribution in [0, 0.1) is 5.82 Å². The Hall–Kier alpha value is -3.67. The predicted octanol–water partition coefficient (Wildman–Crippen LogP) is 5.30. The number of benzene rings is 2. The highest BCUT2D eigenvalue weighted by atomic mass is 19.1. The molecule has 2 aromatic heterocycles. The van der Waals surface area contributed by atoms with Crippen molar-refractivity contribution in [3.8, 4) is 5.75 Å². The second-order valence-electron chi connectivity index (χ2n) is 8.12. The molecule has 5 nitrogen and oxygen atoms in total. The lowest BCUT2D eigenvalue weighted by atomic mass is 9.89. The molecule has 1 aliphatic rings. The first-order chi connectivity index (χ1) is 15.7. The number of fused-ring (bicyclic) bond motifs is 1. The van der Waals surface area contributed by atoms with Gasteiger partial charge in [-0.1, -0.05) is 24.3 Å². The number of pyridine rings is 1. The van der Waals surface area contributed by atoms with E-state index in [1.807, 2.05) is 29.2 Å². The number of nitrogens with zero attached hydrogens (tertiary/aromatic N) is 2. The van der Waals surface area contributed by atoms with Gasteiger partial charge in [-0.15, -0.1) is 0 Å². The second-order valence-corrected chi connectivity index (χ2v) is 8.12. The van der Waals surface area contributed by atoms with E-state index in [0.29, 0.717) is 30.3 Å². The fraction of sp³-hybridized carbons (Fsp3) is 0.231. The summed E-state index contributed by atoms with van der Waals surface area (Å²) >= 11 is 0. The van der Waals surface area contributed by atoms with Gasteiger partial charge in [0.25, 0.3) is 5.91 Å². The molecule has 0 spiro atoms. The topological polar surface area (TPSA) is 58.2 Å². The van der Waals surface area contributed by atoms with Crippen LogP contribution in [0.5, 0.6) is 5.75 Å². The Kier molecular flexibility index (Phi) is 5.58. The van der Waals surface area contributed by atoms with Gasteiger partial charge in [0, 0.05) is 30.9 Å². The minimum Gasteiger partial charge on any atom is -0.488 e. The fourth-order valence-electron chi connectivity index (χ4n) is 4.39. The van der Waals surface area contributed by atoms with Crippen LogP contribution < -0.4 is 4.74 Å². The Balaban J connectivity index is 1.26. The zero-order valence-corrected chi connectivity index (χ0v) is 17.6. The molecule has 3 heterocycles. The number of ether oxygens (including phenoxy) is 1. The van der Waals surface area contributed by atoms with E-state index in [4.69, 9.17) is 4.74 Å². The van der Waals surface area contributed by atoms with E-state index in [9.17, 15) is 9.18 Å². The molecule has 0 aliphatic carbocycles. The summed E-state index contributed by atoms with van der Waals surface area (Å²) < 4.78 is 19.0. The molecule has 32 heavy (non-hydrogen) atoms. The molecule has 1 aliphatic heterocycles. The summed E-state index contributed by atoms with van der Waals surface area (Å²) in [5.74, 6) is 0.656. The molecule has 1 amide bonds. The van der Waals surface area contributed by atoms with E-state index in [-0.39, 0.29) is 18.3 Å². The number of hydrogen-bond acceptors (Lipinski definition) is 3. The molecule has 0 saturated carbocycles. The smallest absolute Gasteiger partial charge is 0.257 e. The lowest BCUT2D eigenvalue weighted by Gasteiger charge is -2.32. The van der Waals surface area contributed by atoms with E-state index in [1.54, 1.807) is 24.4 Å². The maximum absolute atomic E-state index is 13.3. The number of rotatable bonds is 5. The van der Waals surface area contributed by atoms with Crippen molar-refractivity contribution < 1.29 is 13.9 Å². The van der Waals surface area contributed by atoms with Crippen LogP contribution in [-0.2, 0) is 6.61 Å². The predicted molar refractivity (Wildman–Crippen MR) is 121 cm³/mol. The highest BCUT2D eigenvalue weighted by molar-refractivity contribution is 5.97. The van der Waals surface area contributed by atoms with E-state index in [1.165, 1.54) is 17.7 Å². The molecule has 0 radical (unpaired) electrons. The van der Waals surface area contributed by atoms with Gasteiger partial charge in [-0.05, 0) is 66.3 Å². The Morgan fingerprint density at radius 1 is 1.06 bits per heavy atom. The third kappa shape index (κ3) is 4.08. The maximum Gasteiger partial charge on any atom is 0.257 e. The Morgan fingerprint density at radius 2 is 1.84 bits per heavy atom. The van der Waals surface area contributed by atoms with Gasteiger partial charge in [-0.3, -0.25) is 4.79 Å². The molecule has 0 atom stereocenters. The number of aromatic nitrogens is 2. The first-order valence-electron chi connectivity index (χ1n) is 10.9. The third-order valence-corrected chi connectivity index (χ3v) is 6.13. The molecule has 5 rings (SSSR count). The van der Waals surface area contributed by atoms with Crippen molar-refractivity contribution >= 4 is 16.9 Å². The van der Waals surface area contributed by atoms with Crippen molar-refractivity contribution in [2.75, 3.05) is 13.1 Å². The lowest BCUT2D eigenvalue weighted by molar-refractivity contribution is 0.0708. The average Bonchev–Trinajstić information content (AvgIpc) is 3.28. The van der Waals surface area contributed by atoms with Gasteiger partial charge in [0.05, 0.1) is 5.56 Å². The number of para-hydroxylation sites is 1. The van der Waals surface area contributed by atoms with Gasteiger partial charge in [0.1, 0.15) is 23.8 Å². The number of likely N-dealkylation sites (tertiary alicyclic amines) is 1. The van der Waals surface area contributed by atoms with Crippen LogP contribution in [-0.4, -0.2) is 33.9 Å². The number of carbonyl (C=O) groups excluding carboxylic acids is 1. The first-order valence-corrected chi connectivity index (χ1v) is 10.9. The number of amides is 1. The van der Waals surface area contributed by atoms with Gasteiger partial charge in [-0.2, -0.15) is 0 Å². The van der Waals surface area contributed by atoms with Crippen molar-refractivity contribution in [1.29, 1.82) is 0 Å². The van der Waals surface area contributed by atoms with Crippen molar-refractivity contribution in [1.82, 2.24) is 14.9 Å². The first kappa shape index (κ1) is 20.2. The van der Waals surface area contributed by atoms with Crippen LogP contribution in [0.4, 0.5) is 4.39 Å². The Morgan fingerprint density at radius 3 is 2.66 bits per heavy atom. The number of nitrogens with one attached hydrogen (secondary N) is 1. The lowest BCUT2D eigenvalue weighted by Crippen LogP contribution is -2.38. The molecular weight excluding hydrogens is 405 g/mol. The molecule has 2 aromatic carbocycles. The summed E-state index contributed by atoms with van der Waals surface area (Å²) in [4.78, 5) is 22.8. The number of carbonyl (C=O) groups is 1. The van der Waals surface area contributed by atoms with Gasteiger partial charge in [-0.25, -0.2) is 9.37 Å². The van der Waals surface area contributed by atoms with Crippen LogP contribution >= 0.6 is 0 Å². The molecule has 6 heteroatoms. The fourth-order valence-corrected chi connectivity index (χ4v) is 4.39. The summed E-state index contributed by atoms with van der Waals surface area (Å²) in [5.41, 5.74) is 3.60. The second kappa shape index (κ2) is 8.83. The SMILES string of the molecule is O=C(c1ccccc1OCc1ccc(F)cc1)N1CCC(c2c[nH]c3ncccc23)CC1. The number of piperidine rings is 1. The number of H-pyrrole nitrogens is 1. The average molecular weight is 429 g/mol.